The van der Waals surface area contributed by atoms with E-state index in [4.69, 9.17) is 0 Å². The summed E-state index contributed by atoms with van der Waals surface area (Å²) in [5.41, 5.74) is 0. The molecule has 0 fully saturated rings. The SMILES string of the molecule is CCCNCC(=O)NS(=O)(=O)C(C)C. The molecule has 0 spiro atoms. The minimum Gasteiger partial charge on any atom is -0.308 e. The standard InChI is InChI=1S/C8H18N2O3S/c1-4-5-9-6-8(11)10-14(12,13)7(2)3/h7,9H,4-6H2,1-3H3,(H,10,11). The van der Waals surface area contributed by atoms with Gasteiger partial charge >= 0.3 is 0 Å². The minimum absolute atomic E-state index is 0.0415. The van der Waals surface area contributed by atoms with Gasteiger partial charge in [-0.3, -0.25) is 9.52 Å². The van der Waals surface area contributed by atoms with E-state index in [0.29, 0.717) is 6.54 Å². The lowest BCUT2D eigenvalue weighted by Gasteiger charge is -2.09. The average molecular weight is 222 g/mol. The summed E-state index contributed by atoms with van der Waals surface area (Å²) >= 11 is 0. The van der Waals surface area contributed by atoms with Crippen molar-refractivity contribution in [2.45, 2.75) is 32.4 Å². The fraction of sp³-hybridized carbons (Fsp3) is 0.875. The Hall–Kier alpha value is -0.620. The van der Waals surface area contributed by atoms with Crippen LogP contribution >= 0.6 is 0 Å². The molecule has 84 valence electrons. The monoisotopic (exact) mass is 222 g/mol. The predicted octanol–water partition coefficient (Wildman–Crippen LogP) is -0.160. The van der Waals surface area contributed by atoms with Gasteiger partial charge in [-0.25, -0.2) is 8.42 Å². The molecule has 0 aliphatic rings. The van der Waals surface area contributed by atoms with E-state index in [1.54, 1.807) is 0 Å². The van der Waals surface area contributed by atoms with Gasteiger partial charge in [0, 0.05) is 0 Å². The molecule has 0 aromatic heterocycles. The van der Waals surface area contributed by atoms with Gasteiger partial charge in [0.05, 0.1) is 11.8 Å². The van der Waals surface area contributed by atoms with E-state index in [9.17, 15) is 13.2 Å². The minimum atomic E-state index is -3.47. The molecule has 0 bridgehead atoms. The van der Waals surface area contributed by atoms with E-state index in [1.807, 2.05) is 11.6 Å². The highest BCUT2D eigenvalue weighted by Gasteiger charge is 2.17. The summed E-state index contributed by atoms with van der Waals surface area (Å²) in [7, 11) is -3.47. The van der Waals surface area contributed by atoms with E-state index < -0.39 is 21.2 Å². The van der Waals surface area contributed by atoms with Crippen LogP contribution in [0, 0.1) is 0 Å². The molecular weight excluding hydrogens is 204 g/mol. The fourth-order valence-electron chi connectivity index (χ4n) is 0.691. The molecule has 1 amide bonds. The highest BCUT2D eigenvalue weighted by molar-refractivity contribution is 7.90. The molecule has 6 heteroatoms. The maximum Gasteiger partial charge on any atom is 0.247 e. The lowest BCUT2D eigenvalue weighted by atomic mass is 10.5. The molecule has 0 aromatic carbocycles. The van der Waals surface area contributed by atoms with Gasteiger partial charge in [0.2, 0.25) is 15.9 Å². The van der Waals surface area contributed by atoms with Crippen LogP contribution < -0.4 is 10.0 Å². The summed E-state index contributed by atoms with van der Waals surface area (Å²) in [6.07, 6.45) is 0.907. The van der Waals surface area contributed by atoms with Gasteiger partial charge in [-0.15, -0.1) is 0 Å². The number of nitrogens with one attached hydrogen (secondary N) is 2. The molecule has 0 heterocycles. The van der Waals surface area contributed by atoms with Gasteiger partial charge in [-0.2, -0.15) is 0 Å². The zero-order chi connectivity index (χ0) is 11.2. The molecule has 0 radical (unpaired) electrons. The first-order chi connectivity index (χ1) is 6.40. The van der Waals surface area contributed by atoms with Crippen molar-refractivity contribution in [3.05, 3.63) is 0 Å². The number of hydrogen-bond donors (Lipinski definition) is 2. The van der Waals surface area contributed by atoms with Gasteiger partial charge < -0.3 is 5.32 Å². The third-order valence-corrected chi connectivity index (χ3v) is 3.34. The summed E-state index contributed by atoms with van der Waals surface area (Å²) in [6.45, 7) is 5.76. The summed E-state index contributed by atoms with van der Waals surface area (Å²) in [5.74, 6) is -0.507. The molecule has 0 rings (SSSR count). The highest BCUT2D eigenvalue weighted by Crippen LogP contribution is 1.94. The van der Waals surface area contributed by atoms with E-state index in [0.717, 1.165) is 6.42 Å². The van der Waals surface area contributed by atoms with Crippen molar-refractivity contribution in [3.8, 4) is 0 Å². The van der Waals surface area contributed by atoms with Gasteiger partial charge in [0.1, 0.15) is 0 Å². The molecule has 0 aliphatic heterocycles. The molecule has 0 saturated heterocycles. The van der Waals surface area contributed by atoms with Crippen molar-refractivity contribution < 1.29 is 13.2 Å². The Morgan fingerprint density at radius 3 is 2.36 bits per heavy atom. The molecule has 2 N–H and O–H groups in total. The first-order valence-electron chi connectivity index (χ1n) is 4.65. The van der Waals surface area contributed by atoms with Gasteiger partial charge in [-0.1, -0.05) is 6.92 Å². The predicted molar refractivity (Wildman–Crippen MR) is 55.4 cm³/mol. The molecule has 0 aromatic rings. The van der Waals surface area contributed by atoms with Crippen LogP contribution in [0.25, 0.3) is 0 Å². The summed E-state index contributed by atoms with van der Waals surface area (Å²) in [5, 5.41) is 2.23. The normalized spacial score (nSPS) is 11.7. The zero-order valence-corrected chi connectivity index (χ0v) is 9.65. The van der Waals surface area contributed by atoms with Crippen LogP contribution in [-0.4, -0.2) is 32.7 Å². The number of carbonyl (C=O) groups excluding carboxylic acids is 1. The van der Waals surface area contributed by atoms with Crippen LogP contribution in [-0.2, 0) is 14.8 Å². The fourth-order valence-corrected chi connectivity index (χ4v) is 1.32. The van der Waals surface area contributed by atoms with E-state index in [1.165, 1.54) is 13.8 Å². The molecule has 0 saturated carbocycles. The summed E-state index contributed by atoms with van der Waals surface area (Å²) < 4.78 is 24.4. The number of carbonyl (C=O) groups is 1. The third-order valence-electron chi connectivity index (χ3n) is 1.59. The zero-order valence-electron chi connectivity index (χ0n) is 8.83. The molecule has 0 atom stereocenters. The van der Waals surface area contributed by atoms with Crippen molar-refractivity contribution in [3.63, 3.8) is 0 Å². The second-order valence-electron chi connectivity index (χ2n) is 3.30. The molecule has 14 heavy (non-hydrogen) atoms. The van der Waals surface area contributed by atoms with Crippen molar-refractivity contribution in [2.24, 2.45) is 0 Å². The smallest absolute Gasteiger partial charge is 0.247 e. The third kappa shape index (κ3) is 5.18. The van der Waals surface area contributed by atoms with Gasteiger partial charge in [-0.05, 0) is 26.8 Å². The Balaban J connectivity index is 3.95. The maximum atomic E-state index is 11.2. The topological polar surface area (TPSA) is 75.3 Å². The van der Waals surface area contributed by atoms with Crippen molar-refractivity contribution in [2.75, 3.05) is 13.1 Å². The number of sulfonamides is 1. The van der Waals surface area contributed by atoms with E-state index in [2.05, 4.69) is 5.32 Å². The lowest BCUT2D eigenvalue weighted by molar-refractivity contribution is -0.118. The van der Waals surface area contributed by atoms with Crippen LogP contribution in [0.2, 0.25) is 0 Å². The van der Waals surface area contributed by atoms with Crippen LogP contribution in [0.15, 0.2) is 0 Å². The molecule has 0 aliphatic carbocycles. The maximum absolute atomic E-state index is 11.2. The van der Waals surface area contributed by atoms with Crippen molar-refractivity contribution in [1.29, 1.82) is 0 Å². The second-order valence-corrected chi connectivity index (χ2v) is 5.53. The summed E-state index contributed by atoms with van der Waals surface area (Å²) in [4.78, 5) is 11.1. The average Bonchev–Trinajstić information content (AvgIpc) is 2.03. The van der Waals surface area contributed by atoms with Gasteiger partial charge in [0.15, 0.2) is 0 Å². The Labute approximate surface area is 85.3 Å². The Morgan fingerprint density at radius 1 is 1.36 bits per heavy atom. The summed E-state index contributed by atoms with van der Waals surface area (Å²) in [6, 6.07) is 0. The second kappa shape index (κ2) is 5.98. The molecule has 0 unspecified atom stereocenters. The Morgan fingerprint density at radius 2 is 1.93 bits per heavy atom. The van der Waals surface area contributed by atoms with E-state index in [-0.39, 0.29) is 6.54 Å². The van der Waals surface area contributed by atoms with E-state index >= 15 is 0 Å². The number of rotatable bonds is 6. The number of amides is 1. The first-order valence-corrected chi connectivity index (χ1v) is 6.20. The highest BCUT2D eigenvalue weighted by atomic mass is 32.2. The quantitative estimate of drug-likeness (QED) is 0.612. The Bertz CT molecular complexity index is 272. The van der Waals surface area contributed by atoms with Crippen LogP contribution in [0.3, 0.4) is 0 Å². The van der Waals surface area contributed by atoms with Crippen molar-refractivity contribution >= 4 is 15.9 Å². The van der Waals surface area contributed by atoms with Crippen molar-refractivity contribution in [1.82, 2.24) is 10.0 Å². The lowest BCUT2D eigenvalue weighted by Crippen LogP contribution is -2.41. The Kier molecular flexibility index (Phi) is 5.71. The van der Waals surface area contributed by atoms with Crippen LogP contribution in [0.5, 0.6) is 0 Å². The van der Waals surface area contributed by atoms with Crippen LogP contribution in [0.4, 0.5) is 0 Å². The largest absolute Gasteiger partial charge is 0.308 e. The molecule has 5 nitrogen and oxygen atoms in total. The molecular formula is C8H18N2O3S. The van der Waals surface area contributed by atoms with Gasteiger partial charge in [0.25, 0.3) is 0 Å². The number of hydrogen-bond acceptors (Lipinski definition) is 4. The first kappa shape index (κ1) is 13.4. The van der Waals surface area contributed by atoms with Crippen LogP contribution in [0.1, 0.15) is 27.2 Å².